The summed E-state index contributed by atoms with van der Waals surface area (Å²) in [5, 5.41) is 13.8. The Morgan fingerprint density at radius 3 is 2.89 bits per heavy atom. The number of nitrogens with one attached hydrogen (secondary N) is 1. The highest BCUT2D eigenvalue weighted by Gasteiger charge is 2.21. The summed E-state index contributed by atoms with van der Waals surface area (Å²) in [6.45, 7) is 0.563. The molecular weight excluding hydrogens is 238 g/mol. The second-order valence-electron chi connectivity index (χ2n) is 4.17. The Morgan fingerprint density at radius 2 is 2.22 bits per heavy atom. The predicted molar refractivity (Wildman–Crippen MR) is 60.7 cm³/mol. The summed E-state index contributed by atoms with van der Waals surface area (Å²) < 4.78 is 10.5. The zero-order chi connectivity index (χ0) is 12.5. The molecule has 0 bridgehead atoms. The molecule has 0 atom stereocenters. The summed E-state index contributed by atoms with van der Waals surface area (Å²) in [5.74, 6) is 0.956. The fraction of sp³-hybridized carbons (Fsp3) is 0.364. The van der Waals surface area contributed by atoms with Crippen LogP contribution in [-0.2, 0) is 6.54 Å². The molecule has 0 aliphatic heterocycles. The highest BCUT2D eigenvalue weighted by Crippen LogP contribution is 2.26. The van der Waals surface area contributed by atoms with Crippen LogP contribution in [0.1, 0.15) is 18.7 Å². The van der Waals surface area contributed by atoms with Gasteiger partial charge in [0.25, 0.3) is 0 Å². The first-order chi connectivity index (χ1) is 8.72. The van der Waals surface area contributed by atoms with Gasteiger partial charge in [0.05, 0.1) is 18.8 Å². The summed E-state index contributed by atoms with van der Waals surface area (Å²) in [5.41, 5.74) is 0. The number of nitro groups is 1. The summed E-state index contributed by atoms with van der Waals surface area (Å²) in [6, 6.07) is 3.36. The summed E-state index contributed by atoms with van der Waals surface area (Å²) in [6.07, 6.45) is 3.89. The lowest BCUT2D eigenvalue weighted by atomic mass is 10.4. The molecule has 0 amide bonds. The summed E-state index contributed by atoms with van der Waals surface area (Å²) >= 11 is 0. The van der Waals surface area contributed by atoms with E-state index in [2.05, 4.69) is 10.3 Å². The molecule has 2 heterocycles. The first-order valence-corrected chi connectivity index (χ1v) is 5.65. The number of nitrogens with zero attached hydrogens (tertiary/aromatic N) is 2. The third-order valence-corrected chi connectivity index (χ3v) is 2.69. The fourth-order valence-electron chi connectivity index (χ4n) is 1.58. The van der Waals surface area contributed by atoms with Crippen molar-refractivity contribution < 1.29 is 13.8 Å². The molecule has 1 aliphatic carbocycles. The van der Waals surface area contributed by atoms with E-state index in [4.69, 9.17) is 8.83 Å². The van der Waals surface area contributed by atoms with Crippen LogP contribution in [0.2, 0.25) is 0 Å². The molecule has 7 nitrogen and oxygen atoms in total. The minimum absolute atomic E-state index is 0.306. The molecule has 1 aliphatic rings. The van der Waals surface area contributed by atoms with Crippen LogP contribution in [0, 0.1) is 10.1 Å². The SMILES string of the molecule is O=[N+]([O-])c1ccc(-c2cnc(CNC3CC3)o2)o1. The van der Waals surface area contributed by atoms with E-state index in [0.29, 0.717) is 30.0 Å². The quantitative estimate of drug-likeness (QED) is 0.644. The van der Waals surface area contributed by atoms with E-state index in [1.165, 1.54) is 31.2 Å². The molecule has 1 fully saturated rings. The number of aromatic nitrogens is 1. The molecule has 0 unspecified atom stereocenters. The first kappa shape index (κ1) is 11.0. The molecule has 2 aromatic heterocycles. The molecule has 0 aromatic carbocycles. The van der Waals surface area contributed by atoms with Gasteiger partial charge >= 0.3 is 5.88 Å². The molecule has 7 heteroatoms. The number of rotatable bonds is 5. The van der Waals surface area contributed by atoms with Crippen molar-refractivity contribution in [2.45, 2.75) is 25.4 Å². The van der Waals surface area contributed by atoms with Crippen LogP contribution < -0.4 is 5.32 Å². The Bertz CT molecular complexity index is 570. The Hall–Kier alpha value is -2.15. The monoisotopic (exact) mass is 249 g/mol. The van der Waals surface area contributed by atoms with Crippen molar-refractivity contribution in [3.8, 4) is 11.5 Å². The molecule has 1 saturated carbocycles. The minimum Gasteiger partial charge on any atom is -0.436 e. The van der Waals surface area contributed by atoms with Crippen molar-refractivity contribution in [1.82, 2.24) is 10.3 Å². The highest BCUT2D eigenvalue weighted by molar-refractivity contribution is 5.50. The van der Waals surface area contributed by atoms with E-state index in [1.54, 1.807) is 0 Å². The van der Waals surface area contributed by atoms with Gasteiger partial charge in [0.2, 0.25) is 5.89 Å². The van der Waals surface area contributed by atoms with Crippen molar-refractivity contribution in [2.24, 2.45) is 0 Å². The third kappa shape index (κ3) is 2.25. The van der Waals surface area contributed by atoms with Crippen LogP contribution in [0.5, 0.6) is 0 Å². The van der Waals surface area contributed by atoms with Crippen molar-refractivity contribution >= 4 is 5.88 Å². The van der Waals surface area contributed by atoms with Gasteiger partial charge in [-0.25, -0.2) is 4.98 Å². The van der Waals surface area contributed by atoms with Crippen LogP contribution in [0.15, 0.2) is 27.2 Å². The third-order valence-electron chi connectivity index (χ3n) is 2.69. The molecule has 0 spiro atoms. The number of hydrogen-bond acceptors (Lipinski definition) is 6. The Balaban J connectivity index is 1.72. The standard InChI is InChI=1S/C11H11N3O4/c15-14(16)11-4-3-8(18-11)9-5-13-10(17-9)6-12-7-1-2-7/h3-5,7,12H,1-2,6H2. The zero-order valence-electron chi connectivity index (χ0n) is 9.46. The summed E-state index contributed by atoms with van der Waals surface area (Å²) in [7, 11) is 0. The van der Waals surface area contributed by atoms with Gasteiger partial charge in [0.15, 0.2) is 11.5 Å². The maximum Gasteiger partial charge on any atom is 0.433 e. The van der Waals surface area contributed by atoms with E-state index in [9.17, 15) is 10.1 Å². The van der Waals surface area contributed by atoms with Crippen molar-refractivity contribution in [3.05, 3.63) is 34.3 Å². The second-order valence-corrected chi connectivity index (χ2v) is 4.17. The van der Waals surface area contributed by atoms with Crippen LogP contribution in [0.25, 0.3) is 11.5 Å². The van der Waals surface area contributed by atoms with Crippen molar-refractivity contribution in [1.29, 1.82) is 0 Å². The van der Waals surface area contributed by atoms with Gasteiger partial charge in [0.1, 0.15) is 4.92 Å². The number of hydrogen-bond donors (Lipinski definition) is 1. The van der Waals surface area contributed by atoms with Gasteiger partial charge in [-0.2, -0.15) is 0 Å². The van der Waals surface area contributed by atoms with Crippen LogP contribution >= 0.6 is 0 Å². The minimum atomic E-state index is -0.588. The lowest BCUT2D eigenvalue weighted by Gasteiger charge is -1.96. The average molecular weight is 249 g/mol. The van der Waals surface area contributed by atoms with E-state index in [0.717, 1.165) is 0 Å². The topological polar surface area (TPSA) is 94.3 Å². The Morgan fingerprint density at radius 1 is 1.39 bits per heavy atom. The molecule has 94 valence electrons. The van der Waals surface area contributed by atoms with Crippen LogP contribution in [0.4, 0.5) is 5.88 Å². The molecule has 0 saturated heterocycles. The fourth-order valence-corrected chi connectivity index (χ4v) is 1.58. The maximum absolute atomic E-state index is 10.5. The lowest BCUT2D eigenvalue weighted by molar-refractivity contribution is -0.401. The number of oxazole rings is 1. The average Bonchev–Trinajstić information content (AvgIpc) is 2.88. The van der Waals surface area contributed by atoms with Crippen molar-refractivity contribution in [3.63, 3.8) is 0 Å². The van der Waals surface area contributed by atoms with Gasteiger partial charge in [-0.15, -0.1) is 0 Å². The van der Waals surface area contributed by atoms with Crippen molar-refractivity contribution in [2.75, 3.05) is 0 Å². The van der Waals surface area contributed by atoms with E-state index < -0.39 is 4.92 Å². The normalized spacial score (nSPS) is 14.9. The Kier molecular flexibility index (Phi) is 2.60. The molecule has 0 radical (unpaired) electrons. The maximum atomic E-state index is 10.5. The van der Waals surface area contributed by atoms with Gasteiger partial charge in [-0.1, -0.05) is 0 Å². The summed E-state index contributed by atoms with van der Waals surface area (Å²) in [4.78, 5) is 14.0. The van der Waals surface area contributed by atoms with E-state index >= 15 is 0 Å². The zero-order valence-corrected chi connectivity index (χ0v) is 9.46. The van der Waals surface area contributed by atoms with Gasteiger partial charge < -0.3 is 14.2 Å². The van der Waals surface area contributed by atoms with Gasteiger partial charge in [0, 0.05) is 6.04 Å². The largest absolute Gasteiger partial charge is 0.436 e. The first-order valence-electron chi connectivity index (χ1n) is 5.65. The molecule has 3 rings (SSSR count). The van der Waals surface area contributed by atoms with Crippen LogP contribution in [-0.4, -0.2) is 15.9 Å². The van der Waals surface area contributed by atoms with Crippen LogP contribution in [0.3, 0.4) is 0 Å². The second kappa shape index (κ2) is 4.26. The molecular formula is C11H11N3O4. The van der Waals surface area contributed by atoms with Gasteiger partial charge in [-0.05, 0) is 18.9 Å². The highest BCUT2D eigenvalue weighted by atomic mass is 16.6. The van der Waals surface area contributed by atoms with E-state index in [1.807, 2.05) is 0 Å². The smallest absolute Gasteiger partial charge is 0.433 e. The Labute approximate surface area is 102 Å². The van der Waals surface area contributed by atoms with E-state index in [-0.39, 0.29) is 5.88 Å². The lowest BCUT2D eigenvalue weighted by Crippen LogP contribution is -2.15. The molecule has 1 N–H and O–H groups in total. The number of furan rings is 1. The molecule has 18 heavy (non-hydrogen) atoms. The van der Waals surface area contributed by atoms with Gasteiger partial charge in [-0.3, -0.25) is 10.1 Å². The molecule has 2 aromatic rings. The predicted octanol–water partition coefficient (Wildman–Crippen LogP) is 2.09.